The van der Waals surface area contributed by atoms with Crippen molar-refractivity contribution in [2.45, 2.75) is 62.9 Å². The van der Waals surface area contributed by atoms with Crippen LogP contribution in [0.2, 0.25) is 0 Å². The van der Waals surface area contributed by atoms with Crippen molar-refractivity contribution in [3.05, 3.63) is 65.9 Å². The first-order valence-electron chi connectivity index (χ1n) is 13.1. The minimum atomic E-state index is -0.452. The van der Waals surface area contributed by atoms with Gasteiger partial charge in [0, 0.05) is 36.9 Å². The zero-order chi connectivity index (χ0) is 25.5. The number of rotatable bonds is 7. The van der Waals surface area contributed by atoms with Crippen molar-refractivity contribution in [2.75, 3.05) is 20.2 Å². The van der Waals surface area contributed by atoms with Gasteiger partial charge in [-0.25, -0.2) is 0 Å². The standard InChI is InChI=1S/C29H33N3O5/c1-18-10-13-24(28(33)30-18)32-15-19-14-20(11-12-22(19)29(32)34)36-25-9-5-6-23(25)31-16-21(17-31)37-27-8-4-3-7-26(27)35-2/h3-4,7-8,11-12,14,21,23-25H,1,5-6,9-10,13,15-17H2,2H3,(H,30,33). The second kappa shape index (κ2) is 9.74. The maximum atomic E-state index is 13.0. The number of ether oxygens (including phenoxy) is 3. The number of para-hydroxylation sites is 2. The van der Waals surface area contributed by atoms with Crippen LogP contribution in [0.25, 0.3) is 0 Å². The average Bonchev–Trinajstić information content (AvgIpc) is 3.45. The molecule has 1 saturated carbocycles. The van der Waals surface area contributed by atoms with Crippen molar-refractivity contribution in [1.82, 2.24) is 15.1 Å². The zero-order valence-electron chi connectivity index (χ0n) is 21.2. The highest BCUT2D eigenvalue weighted by Gasteiger charge is 2.42. The third-order valence-electron chi connectivity index (χ3n) is 8.02. The van der Waals surface area contributed by atoms with Crippen LogP contribution in [0.3, 0.4) is 0 Å². The number of amides is 2. The molecule has 2 saturated heterocycles. The molecule has 1 aliphatic carbocycles. The summed E-state index contributed by atoms with van der Waals surface area (Å²) in [6, 6.07) is 13.4. The average molecular weight is 504 g/mol. The maximum Gasteiger partial charge on any atom is 0.255 e. The summed E-state index contributed by atoms with van der Waals surface area (Å²) in [5, 5.41) is 2.79. The minimum Gasteiger partial charge on any atom is -0.493 e. The van der Waals surface area contributed by atoms with Gasteiger partial charge in [-0.2, -0.15) is 0 Å². The summed E-state index contributed by atoms with van der Waals surface area (Å²) >= 11 is 0. The topological polar surface area (TPSA) is 80.3 Å². The molecular weight excluding hydrogens is 470 g/mol. The Bertz CT molecular complexity index is 1220. The van der Waals surface area contributed by atoms with Gasteiger partial charge in [-0.1, -0.05) is 18.7 Å². The van der Waals surface area contributed by atoms with Crippen LogP contribution in [-0.2, 0) is 11.3 Å². The molecule has 2 aromatic rings. The number of hydrogen-bond donors (Lipinski definition) is 1. The fraction of sp³-hybridized carbons (Fsp3) is 0.448. The first-order chi connectivity index (χ1) is 18.0. The Balaban J connectivity index is 1.07. The lowest BCUT2D eigenvalue weighted by atomic mass is 10.0. The molecule has 3 fully saturated rings. The predicted molar refractivity (Wildman–Crippen MR) is 138 cm³/mol. The fourth-order valence-electron chi connectivity index (χ4n) is 6.05. The van der Waals surface area contributed by atoms with Crippen LogP contribution in [0.5, 0.6) is 17.2 Å². The summed E-state index contributed by atoms with van der Waals surface area (Å²) in [6.07, 6.45) is 4.78. The number of likely N-dealkylation sites (tertiary alicyclic amines) is 1. The molecule has 6 rings (SSSR count). The number of nitrogens with zero attached hydrogens (tertiary/aromatic N) is 2. The Morgan fingerprint density at radius 1 is 1.00 bits per heavy atom. The summed E-state index contributed by atoms with van der Waals surface area (Å²) in [7, 11) is 1.66. The molecule has 1 N–H and O–H groups in total. The Labute approximate surface area is 217 Å². The van der Waals surface area contributed by atoms with Gasteiger partial charge in [-0.15, -0.1) is 0 Å². The van der Waals surface area contributed by atoms with Crippen LogP contribution in [0, 0.1) is 0 Å². The van der Waals surface area contributed by atoms with E-state index in [1.807, 2.05) is 42.5 Å². The van der Waals surface area contributed by atoms with Crippen LogP contribution < -0.4 is 19.5 Å². The lowest BCUT2D eigenvalue weighted by Gasteiger charge is -2.44. The molecule has 0 aromatic heterocycles. The molecule has 2 amide bonds. The van der Waals surface area contributed by atoms with Gasteiger partial charge in [0.15, 0.2) is 11.5 Å². The number of methoxy groups -OCH3 is 1. The van der Waals surface area contributed by atoms with E-state index in [-0.39, 0.29) is 24.0 Å². The Kier molecular flexibility index (Phi) is 6.28. The fourth-order valence-corrected chi connectivity index (χ4v) is 6.05. The summed E-state index contributed by atoms with van der Waals surface area (Å²) in [5.74, 6) is 2.09. The van der Waals surface area contributed by atoms with Gasteiger partial charge in [-0.05, 0) is 68.0 Å². The largest absolute Gasteiger partial charge is 0.493 e. The van der Waals surface area contributed by atoms with Gasteiger partial charge in [0.25, 0.3) is 5.91 Å². The van der Waals surface area contributed by atoms with Crippen molar-refractivity contribution in [2.24, 2.45) is 0 Å². The molecule has 4 aliphatic rings. The molecule has 2 aromatic carbocycles. The molecule has 194 valence electrons. The monoisotopic (exact) mass is 503 g/mol. The second-order valence-electron chi connectivity index (χ2n) is 10.4. The van der Waals surface area contributed by atoms with Gasteiger partial charge >= 0.3 is 0 Å². The molecular formula is C29H33N3O5. The normalized spacial score (nSPS) is 26.0. The number of nitrogens with one attached hydrogen (secondary N) is 1. The predicted octanol–water partition coefficient (Wildman–Crippen LogP) is 3.51. The van der Waals surface area contributed by atoms with Gasteiger partial charge in [0.1, 0.15) is 24.0 Å². The highest BCUT2D eigenvalue weighted by Crippen LogP contribution is 2.36. The molecule has 8 nitrogen and oxygen atoms in total. The SMILES string of the molecule is C=C1CCC(N2Cc3cc(OC4CCCC4N4CC(Oc5ccccc5OC)C4)ccc3C2=O)C(=O)N1. The molecule has 37 heavy (non-hydrogen) atoms. The number of hydrogen-bond acceptors (Lipinski definition) is 6. The molecule has 3 aliphatic heterocycles. The molecule has 3 atom stereocenters. The number of allylic oxidation sites excluding steroid dienone is 1. The third kappa shape index (κ3) is 4.55. The molecule has 0 spiro atoms. The first kappa shape index (κ1) is 23.9. The van der Waals surface area contributed by atoms with E-state index in [1.165, 1.54) is 0 Å². The van der Waals surface area contributed by atoms with Crippen molar-refractivity contribution < 1.29 is 23.8 Å². The lowest BCUT2D eigenvalue weighted by Crippen LogP contribution is -2.60. The number of fused-ring (bicyclic) bond motifs is 1. The smallest absolute Gasteiger partial charge is 0.255 e. The molecule has 3 unspecified atom stereocenters. The van der Waals surface area contributed by atoms with E-state index in [4.69, 9.17) is 14.2 Å². The summed E-state index contributed by atoms with van der Waals surface area (Å²) < 4.78 is 18.1. The third-order valence-corrected chi connectivity index (χ3v) is 8.02. The summed E-state index contributed by atoms with van der Waals surface area (Å²) in [6.45, 7) is 6.00. The molecule has 3 heterocycles. The second-order valence-corrected chi connectivity index (χ2v) is 10.4. The Morgan fingerprint density at radius 3 is 2.59 bits per heavy atom. The summed E-state index contributed by atoms with van der Waals surface area (Å²) in [4.78, 5) is 29.6. The highest BCUT2D eigenvalue weighted by molar-refractivity contribution is 6.01. The molecule has 0 radical (unpaired) electrons. The van der Waals surface area contributed by atoms with E-state index < -0.39 is 6.04 Å². The van der Waals surface area contributed by atoms with Crippen LogP contribution in [0.15, 0.2) is 54.7 Å². The minimum absolute atomic E-state index is 0.0883. The molecule has 0 bridgehead atoms. The van der Waals surface area contributed by atoms with Gasteiger partial charge in [0.05, 0.1) is 7.11 Å². The Morgan fingerprint density at radius 2 is 1.81 bits per heavy atom. The molecule has 8 heteroatoms. The van der Waals surface area contributed by atoms with Crippen molar-refractivity contribution in [1.29, 1.82) is 0 Å². The van der Waals surface area contributed by atoms with Crippen LogP contribution in [0.4, 0.5) is 0 Å². The van der Waals surface area contributed by atoms with E-state index in [9.17, 15) is 9.59 Å². The Hall–Kier alpha value is -3.52. The number of piperidine rings is 1. The zero-order valence-corrected chi connectivity index (χ0v) is 21.2. The number of carbonyl (C=O) groups excluding carboxylic acids is 2. The highest BCUT2D eigenvalue weighted by atomic mass is 16.5. The number of benzene rings is 2. The first-order valence-corrected chi connectivity index (χ1v) is 13.1. The van der Waals surface area contributed by atoms with Gasteiger partial charge in [-0.3, -0.25) is 14.5 Å². The van der Waals surface area contributed by atoms with Crippen LogP contribution >= 0.6 is 0 Å². The van der Waals surface area contributed by atoms with E-state index in [0.29, 0.717) is 36.7 Å². The van der Waals surface area contributed by atoms with E-state index in [0.717, 1.165) is 55.2 Å². The maximum absolute atomic E-state index is 13.0. The quantitative estimate of drug-likeness (QED) is 0.623. The van der Waals surface area contributed by atoms with Gasteiger partial charge < -0.3 is 24.4 Å². The van der Waals surface area contributed by atoms with E-state index in [2.05, 4.69) is 16.8 Å². The van der Waals surface area contributed by atoms with E-state index >= 15 is 0 Å². The summed E-state index contributed by atoms with van der Waals surface area (Å²) in [5.41, 5.74) is 2.29. The number of carbonyl (C=O) groups is 2. The van der Waals surface area contributed by atoms with E-state index in [1.54, 1.807) is 12.0 Å². The van der Waals surface area contributed by atoms with Gasteiger partial charge in [0.2, 0.25) is 5.91 Å². The lowest BCUT2D eigenvalue weighted by molar-refractivity contribution is -0.126. The van der Waals surface area contributed by atoms with Crippen molar-refractivity contribution in [3.8, 4) is 17.2 Å². The van der Waals surface area contributed by atoms with Crippen molar-refractivity contribution in [3.63, 3.8) is 0 Å². The van der Waals surface area contributed by atoms with Crippen LogP contribution in [-0.4, -0.2) is 66.1 Å². The van der Waals surface area contributed by atoms with Crippen molar-refractivity contribution >= 4 is 11.8 Å². The van der Waals surface area contributed by atoms with Crippen LogP contribution in [0.1, 0.15) is 48.0 Å².